The lowest BCUT2D eigenvalue weighted by molar-refractivity contribution is -0.274. The number of nitrogens with zero attached hydrogens (tertiary/aromatic N) is 2. The van der Waals surface area contributed by atoms with Crippen LogP contribution in [0.4, 0.5) is 23.2 Å². The minimum Gasteiger partial charge on any atom is -0.406 e. The minimum atomic E-state index is -4.97. The van der Waals surface area contributed by atoms with E-state index >= 15 is 0 Å². The summed E-state index contributed by atoms with van der Waals surface area (Å²) in [6.07, 6.45) is -4.58. The van der Waals surface area contributed by atoms with Crippen molar-refractivity contribution < 1.29 is 37.0 Å². The number of benzene rings is 1. The average Bonchev–Trinajstić information content (AvgIpc) is 2.64. The number of anilines is 1. The van der Waals surface area contributed by atoms with Gasteiger partial charge in [0.25, 0.3) is 11.5 Å². The van der Waals surface area contributed by atoms with Gasteiger partial charge in [-0.25, -0.2) is 4.39 Å². The Hall–Kier alpha value is -3.12. The van der Waals surface area contributed by atoms with Crippen LogP contribution in [0.5, 0.6) is 5.75 Å². The smallest absolute Gasteiger partial charge is 0.406 e. The SMILES string of the molecule is Cn1cc2c(cc1=O)CC(Nc1ccc(OC(F)(F)F)cc1F)N(OCCO)C2=O. The highest BCUT2D eigenvalue weighted by molar-refractivity contribution is 5.96. The highest BCUT2D eigenvalue weighted by atomic mass is 19.4. The molecule has 12 heteroatoms. The average molecular weight is 431 g/mol. The molecule has 2 heterocycles. The van der Waals surface area contributed by atoms with E-state index in [0.717, 1.165) is 17.2 Å². The first-order valence-corrected chi connectivity index (χ1v) is 8.68. The lowest BCUT2D eigenvalue weighted by atomic mass is 10.00. The number of amides is 1. The Bertz CT molecular complexity index is 1010. The van der Waals surface area contributed by atoms with Gasteiger partial charge < -0.3 is 19.7 Å². The predicted molar refractivity (Wildman–Crippen MR) is 95.1 cm³/mol. The van der Waals surface area contributed by atoms with Crippen molar-refractivity contribution in [3.05, 3.63) is 57.8 Å². The maximum atomic E-state index is 14.3. The number of aliphatic hydroxyl groups is 1. The van der Waals surface area contributed by atoms with Gasteiger partial charge in [0, 0.05) is 31.8 Å². The van der Waals surface area contributed by atoms with Gasteiger partial charge in [0.2, 0.25) is 0 Å². The number of aryl methyl sites for hydroxylation is 1. The van der Waals surface area contributed by atoms with E-state index in [-0.39, 0.29) is 29.8 Å². The first kappa shape index (κ1) is 21.6. The van der Waals surface area contributed by atoms with Gasteiger partial charge in [-0.15, -0.1) is 13.2 Å². The van der Waals surface area contributed by atoms with Crippen molar-refractivity contribution >= 4 is 11.6 Å². The molecule has 0 aliphatic carbocycles. The number of hydroxylamine groups is 2. The maximum absolute atomic E-state index is 14.3. The number of fused-ring (bicyclic) bond motifs is 1. The van der Waals surface area contributed by atoms with Gasteiger partial charge in [0.05, 0.1) is 24.5 Å². The van der Waals surface area contributed by atoms with Gasteiger partial charge in [-0.05, 0) is 17.7 Å². The Morgan fingerprint density at radius 2 is 2.00 bits per heavy atom. The van der Waals surface area contributed by atoms with Crippen LogP contribution in [0.1, 0.15) is 15.9 Å². The second kappa shape index (κ2) is 8.32. The van der Waals surface area contributed by atoms with Crippen molar-refractivity contribution in [1.82, 2.24) is 9.63 Å². The van der Waals surface area contributed by atoms with Crippen LogP contribution in [0.3, 0.4) is 0 Å². The zero-order chi connectivity index (χ0) is 22.1. The number of rotatable bonds is 6. The molecule has 1 unspecified atom stereocenters. The van der Waals surface area contributed by atoms with Crippen LogP contribution >= 0.6 is 0 Å². The number of carbonyl (C=O) groups is 1. The van der Waals surface area contributed by atoms with E-state index in [9.17, 15) is 27.2 Å². The summed E-state index contributed by atoms with van der Waals surface area (Å²) in [6.45, 7) is -0.625. The van der Waals surface area contributed by atoms with E-state index in [4.69, 9.17) is 9.94 Å². The van der Waals surface area contributed by atoms with E-state index in [2.05, 4.69) is 10.1 Å². The van der Waals surface area contributed by atoms with Gasteiger partial charge in [-0.2, -0.15) is 5.06 Å². The predicted octanol–water partition coefficient (Wildman–Crippen LogP) is 1.78. The molecule has 1 aliphatic heterocycles. The lowest BCUT2D eigenvalue weighted by Gasteiger charge is -2.36. The van der Waals surface area contributed by atoms with E-state index in [1.807, 2.05) is 0 Å². The molecule has 162 valence electrons. The van der Waals surface area contributed by atoms with Crippen molar-refractivity contribution in [3.63, 3.8) is 0 Å². The molecular weight excluding hydrogens is 414 g/mol. The molecule has 0 saturated heterocycles. The summed E-state index contributed by atoms with van der Waals surface area (Å²) in [5, 5.41) is 12.6. The molecule has 1 atom stereocenters. The number of alkyl halides is 3. The van der Waals surface area contributed by atoms with Crippen LogP contribution in [-0.4, -0.2) is 46.4 Å². The summed E-state index contributed by atoms with van der Waals surface area (Å²) in [5.41, 5.74) is 0.0152. The van der Waals surface area contributed by atoms with Crippen molar-refractivity contribution in [3.8, 4) is 5.75 Å². The summed E-state index contributed by atoms with van der Waals surface area (Å²) >= 11 is 0. The number of aromatic nitrogens is 1. The molecular formula is C18H17F4N3O5. The molecule has 0 saturated carbocycles. The molecule has 1 aliphatic rings. The van der Waals surface area contributed by atoms with Crippen LogP contribution in [0, 0.1) is 5.82 Å². The minimum absolute atomic E-state index is 0.0445. The summed E-state index contributed by atoms with van der Waals surface area (Å²) in [7, 11) is 1.47. The third-order valence-corrected chi connectivity index (χ3v) is 4.26. The topological polar surface area (TPSA) is 93.0 Å². The molecule has 2 aromatic rings. The number of hydrogen-bond acceptors (Lipinski definition) is 6. The zero-order valence-electron chi connectivity index (χ0n) is 15.6. The Balaban J connectivity index is 1.90. The number of ether oxygens (including phenoxy) is 1. The molecule has 0 spiro atoms. The third-order valence-electron chi connectivity index (χ3n) is 4.26. The summed E-state index contributed by atoms with van der Waals surface area (Å²) < 4.78 is 56.1. The molecule has 0 radical (unpaired) electrons. The summed E-state index contributed by atoms with van der Waals surface area (Å²) in [5.74, 6) is -2.43. The molecule has 8 nitrogen and oxygen atoms in total. The lowest BCUT2D eigenvalue weighted by Crippen LogP contribution is -2.50. The van der Waals surface area contributed by atoms with E-state index in [1.165, 1.54) is 23.9 Å². The number of pyridine rings is 1. The van der Waals surface area contributed by atoms with Gasteiger partial charge >= 0.3 is 6.36 Å². The highest BCUT2D eigenvalue weighted by Crippen LogP contribution is 2.29. The second-order valence-corrected chi connectivity index (χ2v) is 6.40. The molecule has 1 amide bonds. The number of nitrogens with one attached hydrogen (secondary N) is 1. The van der Waals surface area contributed by atoms with Crippen LogP contribution in [0.2, 0.25) is 0 Å². The molecule has 3 rings (SSSR count). The zero-order valence-corrected chi connectivity index (χ0v) is 15.6. The Morgan fingerprint density at radius 3 is 2.63 bits per heavy atom. The molecule has 30 heavy (non-hydrogen) atoms. The second-order valence-electron chi connectivity index (χ2n) is 6.40. The third kappa shape index (κ3) is 4.71. The number of hydrogen-bond donors (Lipinski definition) is 2. The van der Waals surface area contributed by atoms with Gasteiger partial charge in [-0.1, -0.05) is 0 Å². The fourth-order valence-corrected chi connectivity index (χ4v) is 2.97. The molecule has 0 fully saturated rings. The summed E-state index contributed by atoms with van der Waals surface area (Å²) in [4.78, 5) is 30.0. The largest absolute Gasteiger partial charge is 0.573 e. The van der Waals surface area contributed by atoms with E-state index < -0.39 is 36.6 Å². The highest BCUT2D eigenvalue weighted by Gasteiger charge is 2.35. The van der Waals surface area contributed by atoms with Crippen LogP contribution in [-0.2, 0) is 18.3 Å². The van der Waals surface area contributed by atoms with E-state index in [1.54, 1.807) is 0 Å². The molecule has 2 N–H and O–H groups in total. The number of halogens is 4. The molecule has 1 aromatic heterocycles. The Kier molecular flexibility index (Phi) is 5.99. The first-order chi connectivity index (χ1) is 14.1. The Labute approximate surface area is 167 Å². The van der Waals surface area contributed by atoms with Crippen molar-refractivity contribution in [2.24, 2.45) is 7.05 Å². The van der Waals surface area contributed by atoms with Crippen molar-refractivity contribution in [2.45, 2.75) is 18.9 Å². The number of carbonyl (C=O) groups excluding carboxylic acids is 1. The van der Waals surface area contributed by atoms with Crippen LogP contribution in [0.25, 0.3) is 0 Å². The fourth-order valence-electron chi connectivity index (χ4n) is 2.97. The Morgan fingerprint density at radius 1 is 1.27 bits per heavy atom. The standard InChI is InChI=1S/C18H17F4N3O5/c1-24-9-12-10(7-16(24)27)6-15(25(17(12)28)29-5-4-26)23-14-3-2-11(8-13(14)19)30-18(20,21)22/h2-3,7-9,15,23,26H,4-6H2,1H3. The van der Waals surface area contributed by atoms with E-state index in [0.29, 0.717) is 11.6 Å². The van der Waals surface area contributed by atoms with Gasteiger partial charge in [0.15, 0.2) is 0 Å². The van der Waals surface area contributed by atoms with Crippen molar-refractivity contribution in [1.29, 1.82) is 0 Å². The first-order valence-electron chi connectivity index (χ1n) is 8.68. The normalized spacial score (nSPS) is 16.4. The van der Waals surface area contributed by atoms with Crippen LogP contribution in [0.15, 0.2) is 35.3 Å². The van der Waals surface area contributed by atoms with Gasteiger partial charge in [0.1, 0.15) is 17.7 Å². The van der Waals surface area contributed by atoms with Gasteiger partial charge in [-0.3, -0.25) is 14.4 Å². The summed E-state index contributed by atoms with van der Waals surface area (Å²) in [6, 6.07) is 3.74. The van der Waals surface area contributed by atoms with Crippen LogP contribution < -0.4 is 15.6 Å². The molecule has 1 aromatic carbocycles. The monoisotopic (exact) mass is 431 g/mol. The fraction of sp³-hybridized carbons (Fsp3) is 0.333. The number of aliphatic hydroxyl groups excluding tert-OH is 1. The molecule has 0 bridgehead atoms. The quantitative estimate of drug-likeness (QED) is 0.678. The van der Waals surface area contributed by atoms with Crippen molar-refractivity contribution in [2.75, 3.05) is 18.5 Å². The maximum Gasteiger partial charge on any atom is 0.573 e.